The zero-order chi connectivity index (χ0) is 16.6. The van der Waals surface area contributed by atoms with Gasteiger partial charge in [0, 0.05) is 24.0 Å². The number of carbonyl (C=O) groups excluding carboxylic acids is 2. The van der Waals surface area contributed by atoms with Crippen LogP contribution in [0.2, 0.25) is 5.02 Å². The number of nitrogens with zero attached hydrogens (tertiary/aromatic N) is 2. The Morgan fingerprint density at radius 3 is 2.65 bits per heavy atom. The number of aromatic nitrogens is 1. The minimum atomic E-state index is -0.313. The maximum Gasteiger partial charge on any atom is 0.308 e. The van der Waals surface area contributed by atoms with Gasteiger partial charge < -0.3 is 10.6 Å². The fourth-order valence-electron chi connectivity index (χ4n) is 2.83. The van der Waals surface area contributed by atoms with Gasteiger partial charge in [0.15, 0.2) is 0 Å². The monoisotopic (exact) mass is 353 g/mol. The van der Waals surface area contributed by atoms with Gasteiger partial charge in [-0.2, -0.15) is 0 Å². The maximum atomic E-state index is 12.4. The van der Waals surface area contributed by atoms with Crippen LogP contribution in [0.25, 0.3) is 10.2 Å². The maximum absolute atomic E-state index is 12.4. The number of hydrogen-bond acceptors (Lipinski definition) is 4. The predicted octanol–water partition coefficient (Wildman–Crippen LogP) is 1.44. The second-order valence-electron chi connectivity index (χ2n) is 5.62. The summed E-state index contributed by atoms with van der Waals surface area (Å²) in [4.78, 5) is 37.2. The number of thiazole rings is 1. The molecule has 0 saturated carbocycles. The summed E-state index contributed by atoms with van der Waals surface area (Å²) in [6.07, 6.45) is 1.15. The molecular formula is C15H16ClN3O3S. The molecule has 122 valence electrons. The Morgan fingerprint density at radius 2 is 2.00 bits per heavy atom. The van der Waals surface area contributed by atoms with Gasteiger partial charge in [0.1, 0.15) is 6.54 Å². The first kappa shape index (κ1) is 16.0. The van der Waals surface area contributed by atoms with E-state index in [0.717, 1.165) is 16.0 Å². The molecule has 1 aliphatic rings. The molecular weight excluding hydrogens is 338 g/mol. The van der Waals surface area contributed by atoms with Crippen LogP contribution in [0.5, 0.6) is 0 Å². The Bertz CT molecular complexity index is 821. The molecule has 8 heteroatoms. The SMILES string of the molecule is NC(=O)C1CCN(C(=O)Cn2c(=O)sc3ccc(Cl)cc32)CC1. The number of likely N-dealkylation sites (tertiary alicyclic amines) is 1. The van der Waals surface area contributed by atoms with Crippen molar-refractivity contribution < 1.29 is 9.59 Å². The summed E-state index contributed by atoms with van der Waals surface area (Å²) in [5, 5.41) is 0.527. The first-order valence-electron chi connectivity index (χ1n) is 7.31. The third-order valence-electron chi connectivity index (χ3n) is 4.17. The molecule has 23 heavy (non-hydrogen) atoms. The van der Waals surface area contributed by atoms with Crippen molar-refractivity contribution in [3.63, 3.8) is 0 Å². The summed E-state index contributed by atoms with van der Waals surface area (Å²) in [6, 6.07) is 5.20. The number of amides is 2. The zero-order valence-electron chi connectivity index (χ0n) is 12.3. The highest BCUT2D eigenvalue weighted by molar-refractivity contribution is 7.16. The second-order valence-corrected chi connectivity index (χ2v) is 7.05. The normalized spacial score (nSPS) is 16.0. The van der Waals surface area contributed by atoms with Gasteiger partial charge in [-0.25, -0.2) is 0 Å². The topological polar surface area (TPSA) is 85.4 Å². The first-order valence-corrected chi connectivity index (χ1v) is 8.51. The van der Waals surface area contributed by atoms with Gasteiger partial charge in [-0.05, 0) is 31.0 Å². The van der Waals surface area contributed by atoms with E-state index >= 15 is 0 Å². The van der Waals surface area contributed by atoms with E-state index in [9.17, 15) is 14.4 Å². The van der Waals surface area contributed by atoms with Crippen molar-refractivity contribution in [3.05, 3.63) is 32.9 Å². The van der Waals surface area contributed by atoms with Crippen LogP contribution < -0.4 is 10.6 Å². The molecule has 1 aromatic heterocycles. The lowest BCUT2D eigenvalue weighted by molar-refractivity contribution is -0.135. The van der Waals surface area contributed by atoms with Gasteiger partial charge in [-0.1, -0.05) is 22.9 Å². The average Bonchev–Trinajstić information content (AvgIpc) is 2.83. The molecule has 0 aliphatic carbocycles. The highest BCUT2D eigenvalue weighted by atomic mass is 35.5. The van der Waals surface area contributed by atoms with Gasteiger partial charge >= 0.3 is 4.87 Å². The Kier molecular flexibility index (Phi) is 4.41. The molecule has 0 radical (unpaired) electrons. The van der Waals surface area contributed by atoms with E-state index in [4.69, 9.17) is 17.3 Å². The molecule has 2 heterocycles. The number of fused-ring (bicyclic) bond motifs is 1. The van der Waals surface area contributed by atoms with Gasteiger partial charge in [0.25, 0.3) is 0 Å². The molecule has 1 aromatic carbocycles. The summed E-state index contributed by atoms with van der Waals surface area (Å²) in [6.45, 7) is 0.967. The molecule has 2 aromatic rings. The van der Waals surface area contributed by atoms with Crippen LogP contribution in [-0.4, -0.2) is 34.4 Å². The Labute approximate surface area is 141 Å². The fourth-order valence-corrected chi connectivity index (χ4v) is 3.87. The van der Waals surface area contributed by atoms with Crippen molar-refractivity contribution in [1.82, 2.24) is 9.47 Å². The molecule has 3 rings (SSSR count). The average molecular weight is 354 g/mol. The molecule has 1 fully saturated rings. The summed E-state index contributed by atoms with van der Waals surface area (Å²) in [5.74, 6) is -0.607. The summed E-state index contributed by atoms with van der Waals surface area (Å²) >= 11 is 7.08. The third kappa shape index (κ3) is 3.25. The Balaban J connectivity index is 1.76. The van der Waals surface area contributed by atoms with Gasteiger partial charge in [-0.3, -0.25) is 19.0 Å². The first-order chi connectivity index (χ1) is 11.0. The quantitative estimate of drug-likeness (QED) is 0.906. The standard InChI is InChI=1S/C15H16ClN3O3S/c16-10-1-2-12-11(7-10)19(15(22)23-12)8-13(20)18-5-3-9(4-6-18)14(17)21/h1-2,7,9H,3-6,8H2,(H2,17,21). The summed E-state index contributed by atoms with van der Waals surface area (Å²) in [7, 11) is 0. The lowest BCUT2D eigenvalue weighted by atomic mass is 9.96. The smallest absolute Gasteiger partial charge is 0.308 e. The van der Waals surface area contributed by atoms with Crippen LogP contribution in [0, 0.1) is 5.92 Å². The van der Waals surface area contributed by atoms with Crippen molar-refractivity contribution in [2.24, 2.45) is 11.7 Å². The van der Waals surface area contributed by atoms with Crippen LogP contribution in [-0.2, 0) is 16.1 Å². The fraction of sp³-hybridized carbons (Fsp3) is 0.400. The van der Waals surface area contributed by atoms with Crippen LogP contribution in [0.15, 0.2) is 23.0 Å². The van der Waals surface area contributed by atoms with Crippen molar-refractivity contribution >= 4 is 45.0 Å². The number of nitrogens with two attached hydrogens (primary N) is 1. The van der Waals surface area contributed by atoms with E-state index in [2.05, 4.69) is 0 Å². The minimum absolute atomic E-state index is 0.0135. The highest BCUT2D eigenvalue weighted by Crippen LogP contribution is 2.22. The minimum Gasteiger partial charge on any atom is -0.369 e. The van der Waals surface area contributed by atoms with Crippen LogP contribution in [0.1, 0.15) is 12.8 Å². The molecule has 0 atom stereocenters. The number of carbonyl (C=O) groups is 2. The third-order valence-corrected chi connectivity index (χ3v) is 5.37. The van der Waals surface area contributed by atoms with Crippen molar-refractivity contribution in [3.8, 4) is 0 Å². The van der Waals surface area contributed by atoms with E-state index < -0.39 is 0 Å². The number of primary amides is 1. The molecule has 0 spiro atoms. The summed E-state index contributed by atoms with van der Waals surface area (Å²) < 4.78 is 2.26. The van der Waals surface area contributed by atoms with E-state index in [0.29, 0.717) is 36.5 Å². The molecule has 6 nitrogen and oxygen atoms in total. The highest BCUT2D eigenvalue weighted by Gasteiger charge is 2.26. The lowest BCUT2D eigenvalue weighted by Gasteiger charge is -2.30. The zero-order valence-corrected chi connectivity index (χ0v) is 13.9. The van der Waals surface area contributed by atoms with Gasteiger partial charge in [-0.15, -0.1) is 0 Å². The molecule has 1 saturated heterocycles. The van der Waals surface area contributed by atoms with E-state index in [1.165, 1.54) is 4.57 Å². The van der Waals surface area contributed by atoms with Crippen LogP contribution >= 0.6 is 22.9 Å². The summed E-state index contributed by atoms with van der Waals surface area (Å²) in [5.41, 5.74) is 5.97. The van der Waals surface area contributed by atoms with Gasteiger partial charge in [0.2, 0.25) is 11.8 Å². The van der Waals surface area contributed by atoms with Crippen LogP contribution in [0.4, 0.5) is 0 Å². The number of rotatable bonds is 3. The molecule has 1 aliphatic heterocycles. The number of benzene rings is 1. The van der Waals surface area contributed by atoms with Gasteiger partial charge in [0.05, 0.1) is 10.2 Å². The van der Waals surface area contributed by atoms with E-state index in [1.54, 1.807) is 23.1 Å². The number of halogens is 1. The second kappa shape index (κ2) is 6.33. The largest absolute Gasteiger partial charge is 0.369 e. The molecule has 2 N–H and O–H groups in total. The Hall–Kier alpha value is -1.86. The lowest BCUT2D eigenvalue weighted by Crippen LogP contribution is -2.43. The Morgan fingerprint density at radius 1 is 1.30 bits per heavy atom. The van der Waals surface area contributed by atoms with Crippen molar-refractivity contribution in [2.45, 2.75) is 19.4 Å². The molecule has 0 unspecified atom stereocenters. The molecule has 2 amide bonds. The number of hydrogen-bond donors (Lipinski definition) is 1. The van der Waals surface area contributed by atoms with Crippen molar-refractivity contribution in [1.29, 1.82) is 0 Å². The van der Waals surface area contributed by atoms with Crippen LogP contribution in [0.3, 0.4) is 0 Å². The van der Waals surface area contributed by atoms with E-state index in [1.807, 2.05) is 0 Å². The van der Waals surface area contributed by atoms with Crippen molar-refractivity contribution in [2.75, 3.05) is 13.1 Å². The van der Waals surface area contributed by atoms with E-state index in [-0.39, 0.29) is 29.1 Å². The number of piperidine rings is 1. The predicted molar refractivity (Wildman–Crippen MR) is 89.6 cm³/mol. The molecule has 0 bridgehead atoms.